The standard InChI is InChI=1S/C13H20N2O.ClH/c1-11(12-7-4-3-5-8-12)15-13(16)9-6-10-14-2;/h3-5,7-8,11,14H,6,9-10H2,1-2H3,(H,15,16);1H. The van der Waals surface area contributed by atoms with Crippen LogP contribution in [0.25, 0.3) is 0 Å². The Balaban J connectivity index is 0.00000256. The van der Waals surface area contributed by atoms with E-state index in [1.54, 1.807) is 0 Å². The van der Waals surface area contributed by atoms with Crippen molar-refractivity contribution >= 4 is 18.3 Å². The normalized spacial score (nSPS) is 11.4. The Bertz CT molecular complexity index is 316. The van der Waals surface area contributed by atoms with Crippen molar-refractivity contribution in [2.45, 2.75) is 25.8 Å². The van der Waals surface area contributed by atoms with Gasteiger partial charge in [0.2, 0.25) is 5.91 Å². The van der Waals surface area contributed by atoms with Gasteiger partial charge in [-0.25, -0.2) is 0 Å². The number of nitrogens with one attached hydrogen (secondary N) is 2. The molecule has 1 aromatic rings. The van der Waals surface area contributed by atoms with Crippen LogP contribution in [0.1, 0.15) is 31.4 Å². The van der Waals surface area contributed by atoms with Crippen LogP contribution in [0.3, 0.4) is 0 Å². The highest BCUT2D eigenvalue weighted by Gasteiger charge is 2.08. The second kappa shape index (κ2) is 9.02. The zero-order valence-corrected chi connectivity index (χ0v) is 11.2. The van der Waals surface area contributed by atoms with E-state index in [1.807, 2.05) is 44.3 Å². The molecular formula is C13H21ClN2O. The van der Waals surface area contributed by atoms with Crippen molar-refractivity contribution < 1.29 is 4.79 Å². The summed E-state index contributed by atoms with van der Waals surface area (Å²) >= 11 is 0. The molecule has 96 valence electrons. The number of rotatable bonds is 6. The minimum absolute atomic E-state index is 0. The maximum absolute atomic E-state index is 11.6. The van der Waals surface area contributed by atoms with Crippen molar-refractivity contribution in [2.75, 3.05) is 13.6 Å². The van der Waals surface area contributed by atoms with E-state index < -0.39 is 0 Å². The number of hydrogen-bond donors (Lipinski definition) is 2. The highest BCUT2D eigenvalue weighted by Crippen LogP contribution is 2.11. The van der Waals surface area contributed by atoms with Crippen molar-refractivity contribution in [3.63, 3.8) is 0 Å². The van der Waals surface area contributed by atoms with Gasteiger partial charge in [0.15, 0.2) is 0 Å². The van der Waals surface area contributed by atoms with E-state index in [0.29, 0.717) is 6.42 Å². The smallest absolute Gasteiger partial charge is 0.220 e. The topological polar surface area (TPSA) is 41.1 Å². The summed E-state index contributed by atoms with van der Waals surface area (Å²) in [6, 6.07) is 10.1. The van der Waals surface area contributed by atoms with Crippen LogP contribution in [0.4, 0.5) is 0 Å². The Morgan fingerprint density at radius 1 is 1.29 bits per heavy atom. The zero-order chi connectivity index (χ0) is 11.8. The predicted molar refractivity (Wildman–Crippen MR) is 73.4 cm³/mol. The fourth-order valence-electron chi connectivity index (χ4n) is 1.56. The first-order chi connectivity index (χ1) is 7.74. The molecular weight excluding hydrogens is 236 g/mol. The monoisotopic (exact) mass is 256 g/mol. The number of hydrogen-bond acceptors (Lipinski definition) is 2. The third-order valence-electron chi connectivity index (χ3n) is 2.51. The number of halogens is 1. The van der Waals surface area contributed by atoms with Gasteiger partial charge in [-0.15, -0.1) is 12.4 Å². The van der Waals surface area contributed by atoms with E-state index in [2.05, 4.69) is 10.6 Å². The molecule has 0 aliphatic carbocycles. The van der Waals surface area contributed by atoms with Gasteiger partial charge in [0.25, 0.3) is 0 Å². The van der Waals surface area contributed by atoms with Crippen LogP contribution >= 0.6 is 12.4 Å². The van der Waals surface area contributed by atoms with Crippen LogP contribution in [-0.4, -0.2) is 19.5 Å². The average molecular weight is 257 g/mol. The van der Waals surface area contributed by atoms with Crippen molar-refractivity contribution in [1.82, 2.24) is 10.6 Å². The summed E-state index contributed by atoms with van der Waals surface area (Å²) < 4.78 is 0. The van der Waals surface area contributed by atoms with Crippen molar-refractivity contribution in [1.29, 1.82) is 0 Å². The summed E-state index contributed by atoms with van der Waals surface area (Å²) in [6.07, 6.45) is 1.46. The lowest BCUT2D eigenvalue weighted by Crippen LogP contribution is -2.27. The molecule has 1 unspecified atom stereocenters. The van der Waals surface area contributed by atoms with E-state index in [4.69, 9.17) is 0 Å². The zero-order valence-electron chi connectivity index (χ0n) is 10.4. The van der Waals surface area contributed by atoms with E-state index in [-0.39, 0.29) is 24.4 Å². The first-order valence-corrected chi connectivity index (χ1v) is 5.73. The quantitative estimate of drug-likeness (QED) is 0.767. The molecule has 0 radical (unpaired) electrons. The number of benzene rings is 1. The summed E-state index contributed by atoms with van der Waals surface area (Å²) in [4.78, 5) is 11.6. The molecule has 2 N–H and O–H groups in total. The highest BCUT2D eigenvalue weighted by atomic mass is 35.5. The molecule has 1 amide bonds. The molecule has 0 bridgehead atoms. The van der Waals surface area contributed by atoms with Crippen LogP contribution in [0.5, 0.6) is 0 Å². The maximum atomic E-state index is 11.6. The van der Waals surface area contributed by atoms with Gasteiger partial charge in [-0.05, 0) is 32.5 Å². The van der Waals surface area contributed by atoms with Crippen LogP contribution in [-0.2, 0) is 4.79 Å². The first kappa shape index (κ1) is 15.9. The summed E-state index contributed by atoms with van der Waals surface area (Å²) in [5.41, 5.74) is 1.14. The van der Waals surface area contributed by atoms with Crippen LogP contribution in [0.2, 0.25) is 0 Å². The second-order valence-corrected chi connectivity index (χ2v) is 3.91. The Hall–Kier alpha value is -1.06. The van der Waals surface area contributed by atoms with E-state index in [0.717, 1.165) is 18.5 Å². The number of amides is 1. The van der Waals surface area contributed by atoms with E-state index in [1.165, 1.54) is 0 Å². The predicted octanol–water partition coefficient (Wildman–Crippen LogP) is 2.29. The lowest BCUT2D eigenvalue weighted by molar-refractivity contribution is -0.121. The fraction of sp³-hybridized carbons (Fsp3) is 0.462. The van der Waals surface area contributed by atoms with Crippen molar-refractivity contribution in [2.24, 2.45) is 0 Å². The molecule has 0 fully saturated rings. The van der Waals surface area contributed by atoms with Gasteiger partial charge in [0, 0.05) is 6.42 Å². The SMILES string of the molecule is CNCCCC(=O)NC(C)c1ccccc1.Cl. The molecule has 1 rings (SSSR count). The largest absolute Gasteiger partial charge is 0.350 e. The maximum Gasteiger partial charge on any atom is 0.220 e. The molecule has 17 heavy (non-hydrogen) atoms. The second-order valence-electron chi connectivity index (χ2n) is 3.91. The van der Waals surface area contributed by atoms with Gasteiger partial charge in [-0.2, -0.15) is 0 Å². The summed E-state index contributed by atoms with van der Waals surface area (Å²) in [7, 11) is 1.89. The van der Waals surface area contributed by atoms with Gasteiger partial charge >= 0.3 is 0 Å². The van der Waals surface area contributed by atoms with Gasteiger partial charge < -0.3 is 10.6 Å². The van der Waals surface area contributed by atoms with Crippen LogP contribution in [0, 0.1) is 0 Å². The lowest BCUT2D eigenvalue weighted by Gasteiger charge is -2.14. The third kappa shape index (κ3) is 6.29. The molecule has 1 atom stereocenters. The molecule has 1 aromatic carbocycles. The van der Waals surface area contributed by atoms with Gasteiger partial charge in [-0.3, -0.25) is 4.79 Å². The molecule has 3 nitrogen and oxygen atoms in total. The number of carbonyl (C=O) groups is 1. The summed E-state index contributed by atoms with van der Waals surface area (Å²) in [5.74, 6) is 0.117. The van der Waals surface area contributed by atoms with Gasteiger partial charge in [-0.1, -0.05) is 30.3 Å². The molecule has 0 spiro atoms. The third-order valence-corrected chi connectivity index (χ3v) is 2.51. The van der Waals surface area contributed by atoms with Gasteiger partial charge in [0.05, 0.1) is 6.04 Å². The molecule has 0 aliphatic rings. The molecule has 4 heteroatoms. The highest BCUT2D eigenvalue weighted by molar-refractivity contribution is 5.85. The Kier molecular flexibility index (Phi) is 8.46. The molecule has 0 aliphatic heterocycles. The molecule has 0 saturated heterocycles. The Labute approximate surface area is 109 Å². The molecule has 0 saturated carbocycles. The van der Waals surface area contributed by atoms with E-state index >= 15 is 0 Å². The Morgan fingerprint density at radius 3 is 2.53 bits per heavy atom. The Morgan fingerprint density at radius 2 is 1.94 bits per heavy atom. The van der Waals surface area contributed by atoms with Crippen molar-refractivity contribution in [3.8, 4) is 0 Å². The number of carbonyl (C=O) groups excluding carboxylic acids is 1. The minimum Gasteiger partial charge on any atom is -0.350 e. The van der Waals surface area contributed by atoms with Crippen LogP contribution in [0.15, 0.2) is 30.3 Å². The fourth-order valence-corrected chi connectivity index (χ4v) is 1.56. The first-order valence-electron chi connectivity index (χ1n) is 5.73. The average Bonchev–Trinajstić information content (AvgIpc) is 2.30. The minimum atomic E-state index is 0. The summed E-state index contributed by atoms with van der Waals surface area (Å²) in [6.45, 7) is 2.89. The van der Waals surface area contributed by atoms with Crippen LogP contribution < -0.4 is 10.6 Å². The molecule has 0 aromatic heterocycles. The molecule has 0 heterocycles. The summed E-state index contributed by atoms with van der Waals surface area (Å²) in [5, 5.41) is 6.02. The van der Waals surface area contributed by atoms with Crippen molar-refractivity contribution in [3.05, 3.63) is 35.9 Å². The lowest BCUT2D eigenvalue weighted by atomic mass is 10.1. The van der Waals surface area contributed by atoms with Gasteiger partial charge in [0.1, 0.15) is 0 Å². The van der Waals surface area contributed by atoms with E-state index in [9.17, 15) is 4.79 Å².